The molecular formula is C41H88Cl4Zr2. The summed E-state index contributed by atoms with van der Waals surface area (Å²) < 4.78 is 0. The minimum Gasteiger partial charge on any atom is 0 e. The molecule has 4 saturated carbocycles. The zero-order valence-corrected chi connectivity index (χ0v) is 41.4. The molecule has 0 aliphatic heterocycles. The first kappa shape index (κ1) is 61.9. The Morgan fingerprint density at radius 1 is 0.426 bits per heavy atom. The fraction of sp³-hybridized carbons (Fsp3) is 0.902. The van der Waals surface area contributed by atoms with Crippen molar-refractivity contribution in [2.45, 2.75) is 208 Å². The maximum absolute atomic E-state index is 4.93. The summed E-state index contributed by atoms with van der Waals surface area (Å²) in [5.41, 5.74) is 0. The first-order valence-corrected chi connectivity index (χ1v) is 31.5. The van der Waals surface area contributed by atoms with Crippen molar-refractivity contribution in [3.8, 4) is 0 Å². The molecule has 288 valence electrons. The van der Waals surface area contributed by atoms with Crippen molar-refractivity contribution in [2.75, 3.05) is 0 Å². The topological polar surface area (TPSA) is 0 Å². The van der Waals surface area contributed by atoms with Gasteiger partial charge in [-0.25, -0.2) is 0 Å². The molecule has 0 heterocycles. The van der Waals surface area contributed by atoms with E-state index in [0.717, 1.165) is 29.6 Å². The number of unbranched alkanes of at least 4 members (excludes halogenated alkanes) is 4. The van der Waals surface area contributed by atoms with Crippen LogP contribution >= 0.6 is 34.1 Å². The van der Waals surface area contributed by atoms with Crippen LogP contribution in [0.5, 0.6) is 0 Å². The minimum absolute atomic E-state index is 0. The predicted molar refractivity (Wildman–Crippen MR) is 222 cm³/mol. The second-order valence-corrected chi connectivity index (χ2v) is 21.4. The third kappa shape index (κ3) is 45.0. The summed E-state index contributed by atoms with van der Waals surface area (Å²) in [6.07, 6.45) is 40.2. The average Bonchev–Trinajstić information content (AvgIpc) is 3.84. The van der Waals surface area contributed by atoms with Crippen LogP contribution in [-0.4, -0.2) is 0 Å². The van der Waals surface area contributed by atoms with E-state index in [2.05, 4.69) is 34.6 Å². The van der Waals surface area contributed by atoms with Crippen LogP contribution in [0, 0.1) is 59.3 Å². The zero-order valence-electron chi connectivity index (χ0n) is 33.5. The maximum atomic E-state index is 4.93. The van der Waals surface area contributed by atoms with Gasteiger partial charge in [-0.1, -0.05) is 202 Å². The molecule has 47 heavy (non-hydrogen) atoms. The van der Waals surface area contributed by atoms with Crippen LogP contribution in [0.15, 0.2) is 0 Å². The van der Waals surface area contributed by atoms with E-state index in [-0.39, 0.29) is 31.1 Å². The summed E-state index contributed by atoms with van der Waals surface area (Å²) in [6.45, 7) is 11.5. The Balaban J connectivity index is -0.0000000856. The fourth-order valence-electron chi connectivity index (χ4n) is 7.46. The zero-order chi connectivity index (χ0) is 32.4. The molecule has 0 aromatic heterocycles. The Bertz CT molecular complexity index is 451. The van der Waals surface area contributed by atoms with Crippen molar-refractivity contribution in [3.63, 3.8) is 0 Å². The van der Waals surface area contributed by atoms with E-state index in [0.29, 0.717) is 0 Å². The molecule has 4 rings (SSSR count). The number of hydrogen-bond acceptors (Lipinski definition) is 0. The summed E-state index contributed by atoms with van der Waals surface area (Å²) in [5.74, 6) is 5.47. The van der Waals surface area contributed by atoms with Crippen LogP contribution in [-0.2, 0) is 41.7 Å². The van der Waals surface area contributed by atoms with Gasteiger partial charge in [-0.05, 0) is 36.0 Å². The summed E-state index contributed by atoms with van der Waals surface area (Å²) in [5, 5.41) is 0. The second-order valence-electron chi connectivity index (χ2n) is 13.9. The van der Waals surface area contributed by atoms with Gasteiger partial charge in [-0.15, -0.1) is 0 Å². The first-order chi connectivity index (χ1) is 20.9. The molecule has 0 saturated heterocycles. The Labute approximate surface area is 341 Å². The molecule has 6 heteroatoms. The molecule has 0 radical (unpaired) electrons. The summed E-state index contributed by atoms with van der Waals surface area (Å²) >= 11 is -1.65. The predicted octanol–water partition coefficient (Wildman–Crippen LogP) is 18.5. The second kappa shape index (κ2) is 51.0. The Morgan fingerprint density at radius 2 is 0.660 bits per heavy atom. The monoisotopic (exact) mass is 900 g/mol. The van der Waals surface area contributed by atoms with Crippen molar-refractivity contribution in [1.29, 1.82) is 0 Å². The molecule has 0 aromatic rings. The molecular weight excluding hydrogens is 817 g/mol. The SMILES string of the molecule is CCCCC1CCC(C)C1.CCCCC1CCCC1.CCCCC1CCCC1.CCCCC1CCCC1.[CH3-].[CH3-].[CH3-].[CH3-].[Cl][Zr+2][Cl].[Cl][Zr+2][Cl].[HH]. The normalized spacial score (nSPS) is 19.5. The first-order valence-electron chi connectivity index (χ1n) is 18.9. The quantitative estimate of drug-likeness (QED) is 0.171. The van der Waals surface area contributed by atoms with Gasteiger partial charge in [-0.2, -0.15) is 0 Å². The summed E-state index contributed by atoms with van der Waals surface area (Å²) in [4.78, 5) is 0. The van der Waals surface area contributed by atoms with Crippen LogP contribution in [0.4, 0.5) is 0 Å². The number of halogens is 4. The van der Waals surface area contributed by atoms with E-state index in [1.54, 1.807) is 0 Å². The van der Waals surface area contributed by atoms with Crippen molar-refractivity contribution in [2.24, 2.45) is 29.6 Å². The molecule has 0 N–H and O–H groups in total. The fourth-order valence-corrected chi connectivity index (χ4v) is 7.46. The van der Waals surface area contributed by atoms with Crippen LogP contribution < -0.4 is 0 Å². The van der Waals surface area contributed by atoms with Crippen LogP contribution in [0.1, 0.15) is 209 Å². The molecule has 4 aliphatic rings. The van der Waals surface area contributed by atoms with Crippen molar-refractivity contribution in [3.05, 3.63) is 29.7 Å². The van der Waals surface area contributed by atoms with Gasteiger partial charge in [0, 0.05) is 1.43 Å². The Hall–Kier alpha value is 2.93. The van der Waals surface area contributed by atoms with E-state index in [4.69, 9.17) is 34.1 Å². The molecule has 2 unspecified atom stereocenters. The number of rotatable bonds is 12. The van der Waals surface area contributed by atoms with Gasteiger partial charge in [-0.3, -0.25) is 0 Å². The molecule has 4 fully saturated rings. The third-order valence-corrected chi connectivity index (χ3v) is 10.1. The molecule has 0 spiro atoms. The molecule has 0 aromatic carbocycles. The molecule has 4 aliphatic carbocycles. The molecule has 0 amide bonds. The van der Waals surface area contributed by atoms with Gasteiger partial charge >= 0.3 is 75.7 Å². The van der Waals surface area contributed by atoms with E-state index in [1.807, 2.05) is 0 Å². The van der Waals surface area contributed by atoms with Gasteiger partial charge in [0.2, 0.25) is 0 Å². The summed E-state index contributed by atoms with van der Waals surface area (Å²) in [7, 11) is 19.7. The average molecular weight is 905 g/mol. The number of hydrogen-bond donors (Lipinski definition) is 0. The molecule has 0 bridgehead atoms. The van der Waals surface area contributed by atoms with Gasteiger partial charge < -0.3 is 29.7 Å². The van der Waals surface area contributed by atoms with E-state index in [1.165, 1.54) is 173 Å². The Morgan fingerprint density at radius 3 is 0.851 bits per heavy atom. The van der Waals surface area contributed by atoms with Crippen LogP contribution in [0.3, 0.4) is 0 Å². The van der Waals surface area contributed by atoms with Crippen molar-refractivity contribution in [1.82, 2.24) is 0 Å². The van der Waals surface area contributed by atoms with Crippen LogP contribution in [0.2, 0.25) is 0 Å². The van der Waals surface area contributed by atoms with Crippen LogP contribution in [0.25, 0.3) is 0 Å². The third-order valence-electron chi connectivity index (χ3n) is 10.1. The van der Waals surface area contributed by atoms with Gasteiger partial charge in [0.15, 0.2) is 0 Å². The smallest absolute Gasteiger partial charge is 0 e. The van der Waals surface area contributed by atoms with Gasteiger partial charge in [0.25, 0.3) is 0 Å². The largest absolute Gasteiger partial charge is 0 e. The maximum Gasteiger partial charge on any atom is 0 e. The van der Waals surface area contributed by atoms with Crippen molar-refractivity contribution >= 4 is 34.1 Å². The van der Waals surface area contributed by atoms with E-state index >= 15 is 0 Å². The van der Waals surface area contributed by atoms with Gasteiger partial charge in [0.1, 0.15) is 0 Å². The van der Waals surface area contributed by atoms with Gasteiger partial charge in [0.05, 0.1) is 0 Å². The minimum atomic E-state index is -0.826. The molecule has 0 nitrogen and oxygen atoms in total. The van der Waals surface area contributed by atoms with E-state index < -0.39 is 41.7 Å². The Kier molecular flexibility index (Phi) is 67.3. The van der Waals surface area contributed by atoms with Crippen molar-refractivity contribution < 1.29 is 43.1 Å². The standard InChI is InChI=1S/C10H20.3C9H18.4CH3.4ClH.2Zr.H2/c1-3-4-5-10-7-6-9(2)8-10;3*1-2-3-6-9-7-4-5-8-9;;;;;;;;;;;/h9-10H,3-8H2,1-2H3;3*9H,2-8H2,1H3;4*1H3;4*1H;;;1H/q;;;;4*-1;;;;;2*+4;/p-4. The van der Waals surface area contributed by atoms with E-state index in [9.17, 15) is 0 Å². The molecule has 2 atom stereocenters. The summed E-state index contributed by atoms with van der Waals surface area (Å²) in [6, 6.07) is 0.